The molecular formula is C42H38N2. The summed E-state index contributed by atoms with van der Waals surface area (Å²) in [6.45, 7) is 7.06. The van der Waals surface area contributed by atoms with Gasteiger partial charge in [-0.2, -0.15) is 0 Å². The summed E-state index contributed by atoms with van der Waals surface area (Å²) >= 11 is 0. The van der Waals surface area contributed by atoms with Gasteiger partial charge in [0, 0.05) is 11.3 Å². The third kappa shape index (κ3) is 4.35. The van der Waals surface area contributed by atoms with Gasteiger partial charge in [0.05, 0.1) is 11.4 Å². The van der Waals surface area contributed by atoms with E-state index in [9.17, 15) is 0 Å². The molecule has 3 aliphatic rings. The van der Waals surface area contributed by atoms with E-state index in [-0.39, 0.29) is 0 Å². The lowest BCUT2D eigenvalue weighted by molar-refractivity contribution is 0.587. The Hall–Kier alpha value is -4.69. The molecule has 0 bridgehead atoms. The van der Waals surface area contributed by atoms with Crippen LogP contribution in [0.1, 0.15) is 67.6 Å². The standard InChI is InChI=1S/C42H38N2/c1-27-17-20-30(21-18-27)40-34-13-7-8-14-35(34)41(39-29(3)28(2)19-26-36(39)40)31-22-24-33(25-23-31)44-38-16-10-9-15-37(38)43-42(44)32-11-5-4-6-12-32/h4-8,10-14,16-17,19-29H,9,15,18H2,1-3H3. The Kier molecular flexibility index (Phi) is 6.60. The van der Waals surface area contributed by atoms with Crippen molar-refractivity contribution in [3.8, 4) is 28.2 Å². The van der Waals surface area contributed by atoms with Gasteiger partial charge in [-0.3, -0.25) is 4.57 Å². The minimum atomic E-state index is 0.413. The number of imidazole rings is 1. The molecule has 44 heavy (non-hydrogen) atoms. The Morgan fingerprint density at radius 2 is 1.48 bits per heavy atom. The molecule has 216 valence electrons. The van der Waals surface area contributed by atoms with E-state index in [1.165, 1.54) is 55.6 Å². The molecule has 0 aliphatic heterocycles. The molecule has 1 aromatic heterocycles. The van der Waals surface area contributed by atoms with E-state index < -0.39 is 0 Å². The first-order valence-corrected chi connectivity index (χ1v) is 16.2. The van der Waals surface area contributed by atoms with Crippen LogP contribution in [0.4, 0.5) is 0 Å². The summed E-state index contributed by atoms with van der Waals surface area (Å²) in [7, 11) is 0. The number of nitrogens with zero attached hydrogens (tertiary/aromatic N) is 2. The monoisotopic (exact) mass is 570 g/mol. The maximum Gasteiger partial charge on any atom is 0.145 e. The lowest BCUT2D eigenvalue weighted by atomic mass is 9.72. The molecule has 0 fully saturated rings. The molecule has 0 saturated carbocycles. The van der Waals surface area contributed by atoms with E-state index >= 15 is 0 Å². The minimum Gasteiger partial charge on any atom is -0.293 e. The van der Waals surface area contributed by atoms with E-state index in [0.717, 1.165) is 36.3 Å². The van der Waals surface area contributed by atoms with Crippen molar-refractivity contribution < 1.29 is 0 Å². The highest BCUT2D eigenvalue weighted by atomic mass is 15.1. The summed E-state index contributed by atoms with van der Waals surface area (Å²) in [6.07, 6.45) is 19.6. The summed E-state index contributed by atoms with van der Waals surface area (Å²) in [5.74, 6) is 2.49. The van der Waals surface area contributed by atoms with E-state index in [1.54, 1.807) is 0 Å². The zero-order valence-electron chi connectivity index (χ0n) is 25.8. The lowest BCUT2D eigenvalue weighted by Crippen LogP contribution is -2.14. The van der Waals surface area contributed by atoms with E-state index in [1.807, 2.05) is 0 Å². The highest BCUT2D eigenvalue weighted by Gasteiger charge is 2.29. The van der Waals surface area contributed by atoms with Gasteiger partial charge in [-0.15, -0.1) is 0 Å². The van der Waals surface area contributed by atoms with Crippen LogP contribution in [-0.2, 0) is 6.42 Å². The molecule has 8 rings (SSSR count). The molecule has 3 atom stereocenters. The Balaban J connectivity index is 1.33. The molecule has 3 aliphatic carbocycles. The van der Waals surface area contributed by atoms with Gasteiger partial charge in [0.2, 0.25) is 0 Å². The van der Waals surface area contributed by atoms with Crippen LogP contribution in [0.5, 0.6) is 0 Å². The molecule has 0 amide bonds. The summed E-state index contributed by atoms with van der Waals surface area (Å²) in [5, 5.41) is 2.67. The van der Waals surface area contributed by atoms with Gasteiger partial charge in [0.15, 0.2) is 0 Å². The number of aromatic nitrogens is 2. The molecule has 0 N–H and O–H groups in total. The van der Waals surface area contributed by atoms with Crippen molar-refractivity contribution in [3.05, 3.63) is 137 Å². The molecule has 0 spiro atoms. The van der Waals surface area contributed by atoms with Crippen molar-refractivity contribution >= 4 is 28.5 Å². The average Bonchev–Trinajstić information content (AvgIpc) is 3.46. The highest BCUT2D eigenvalue weighted by Crippen LogP contribution is 2.48. The second-order valence-corrected chi connectivity index (χ2v) is 12.8. The van der Waals surface area contributed by atoms with Gasteiger partial charge in [0.1, 0.15) is 5.82 Å². The van der Waals surface area contributed by atoms with Gasteiger partial charge in [-0.1, -0.05) is 124 Å². The first-order chi connectivity index (χ1) is 21.6. The van der Waals surface area contributed by atoms with E-state index in [2.05, 4.69) is 147 Å². The number of rotatable bonds is 4. The van der Waals surface area contributed by atoms with Crippen molar-refractivity contribution in [2.24, 2.45) is 11.8 Å². The Labute approximate surface area is 260 Å². The van der Waals surface area contributed by atoms with Crippen molar-refractivity contribution in [1.82, 2.24) is 9.55 Å². The van der Waals surface area contributed by atoms with Crippen molar-refractivity contribution in [2.45, 2.75) is 46.0 Å². The van der Waals surface area contributed by atoms with Crippen LogP contribution in [0.15, 0.2) is 109 Å². The number of hydrogen-bond acceptors (Lipinski definition) is 1. The van der Waals surface area contributed by atoms with Gasteiger partial charge in [-0.05, 0) is 99.4 Å². The van der Waals surface area contributed by atoms with Crippen molar-refractivity contribution in [2.75, 3.05) is 0 Å². The van der Waals surface area contributed by atoms with Crippen LogP contribution in [0.3, 0.4) is 0 Å². The first kappa shape index (κ1) is 26.9. The number of benzene rings is 4. The average molecular weight is 571 g/mol. The Morgan fingerprint density at radius 1 is 0.727 bits per heavy atom. The second kappa shape index (κ2) is 10.8. The maximum atomic E-state index is 5.15. The van der Waals surface area contributed by atoms with Crippen LogP contribution in [0, 0.1) is 11.8 Å². The topological polar surface area (TPSA) is 17.8 Å². The SMILES string of the molecule is CC1C=CC(c2c3c(c(-c4ccc(-n5c(-c6ccccc6)nc6c5C=CCC6)cc4)c4ccccc24)C(C)C(C)C=C3)=CC1. The Bertz CT molecular complexity index is 2010. The van der Waals surface area contributed by atoms with E-state index in [4.69, 9.17) is 4.98 Å². The fourth-order valence-corrected chi connectivity index (χ4v) is 7.40. The van der Waals surface area contributed by atoms with Gasteiger partial charge >= 0.3 is 0 Å². The minimum absolute atomic E-state index is 0.413. The highest BCUT2D eigenvalue weighted by molar-refractivity contribution is 6.09. The van der Waals surface area contributed by atoms with Gasteiger partial charge in [0.25, 0.3) is 0 Å². The van der Waals surface area contributed by atoms with Crippen LogP contribution in [0.25, 0.3) is 56.7 Å². The quantitative estimate of drug-likeness (QED) is 0.210. The Morgan fingerprint density at radius 3 is 2.23 bits per heavy atom. The summed E-state index contributed by atoms with van der Waals surface area (Å²) < 4.78 is 2.34. The van der Waals surface area contributed by atoms with Gasteiger partial charge < -0.3 is 0 Å². The largest absolute Gasteiger partial charge is 0.293 e. The molecule has 0 saturated heterocycles. The summed E-state index contributed by atoms with van der Waals surface area (Å²) in [5.41, 5.74) is 12.9. The summed E-state index contributed by atoms with van der Waals surface area (Å²) in [6, 6.07) is 28.9. The van der Waals surface area contributed by atoms with Crippen molar-refractivity contribution in [1.29, 1.82) is 0 Å². The number of fused-ring (bicyclic) bond motifs is 3. The second-order valence-electron chi connectivity index (χ2n) is 12.8. The normalized spacial score (nSPS) is 20.4. The lowest BCUT2D eigenvalue weighted by Gasteiger charge is -2.31. The van der Waals surface area contributed by atoms with E-state index in [0.29, 0.717) is 17.8 Å². The fourth-order valence-electron chi connectivity index (χ4n) is 7.40. The molecule has 4 aromatic carbocycles. The number of hydrogen-bond donors (Lipinski definition) is 0. The molecular weight excluding hydrogens is 532 g/mol. The number of aryl methyl sites for hydroxylation is 1. The molecule has 0 radical (unpaired) electrons. The van der Waals surface area contributed by atoms with Crippen LogP contribution in [0.2, 0.25) is 0 Å². The molecule has 5 aromatic rings. The third-order valence-corrected chi connectivity index (χ3v) is 9.97. The summed E-state index contributed by atoms with van der Waals surface area (Å²) in [4.78, 5) is 5.15. The molecule has 2 heteroatoms. The molecule has 2 nitrogen and oxygen atoms in total. The zero-order chi connectivity index (χ0) is 29.8. The maximum absolute atomic E-state index is 5.15. The van der Waals surface area contributed by atoms with Crippen LogP contribution < -0.4 is 0 Å². The van der Waals surface area contributed by atoms with Gasteiger partial charge in [-0.25, -0.2) is 4.98 Å². The van der Waals surface area contributed by atoms with Crippen molar-refractivity contribution in [3.63, 3.8) is 0 Å². The van der Waals surface area contributed by atoms with Crippen LogP contribution in [-0.4, -0.2) is 9.55 Å². The zero-order valence-corrected chi connectivity index (χ0v) is 25.8. The third-order valence-electron chi connectivity index (χ3n) is 9.97. The first-order valence-electron chi connectivity index (χ1n) is 16.2. The molecule has 3 unspecified atom stereocenters. The number of allylic oxidation sites excluding steroid dienone is 6. The fraction of sp³-hybridized carbons (Fsp3) is 0.214. The van der Waals surface area contributed by atoms with Crippen LogP contribution >= 0.6 is 0 Å². The predicted octanol–water partition coefficient (Wildman–Crippen LogP) is 11.1. The molecule has 1 heterocycles. The smallest absolute Gasteiger partial charge is 0.145 e. The predicted molar refractivity (Wildman–Crippen MR) is 187 cm³/mol.